The number of amides is 1. The lowest BCUT2D eigenvalue weighted by Gasteiger charge is -2.23. The molecule has 0 heterocycles. The number of methoxy groups -OCH3 is 1. The monoisotopic (exact) mass is 249 g/mol. The first-order valence-electron chi connectivity index (χ1n) is 4.60. The summed E-state index contributed by atoms with van der Waals surface area (Å²) in [5.41, 5.74) is 0. The molecular weight excluding hydrogens is 234 g/mol. The predicted octanol–water partition coefficient (Wildman–Crippen LogP) is 1.41. The van der Waals surface area contributed by atoms with Gasteiger partial charge in [-0.25, -0.2) is 0 Å². The molecule has 1 unspecified atom stereocenters. The Balaban J connectivity index is 2.41. The Morgan fingerprint density at radius 3 is 2.69 bits per heavy atom. The SMILES string of the molecule is COCCN(C(=O)C(C)Br)C1CC1. The molecule has 1 aliphatic rings. The molecule has 0 aromatic rings. The maximum atomic E-state index is 11.7. The summed E-state index contributed by atoms with van der Waals surface area (Å²) in [5, 5.41) is 0. The number of ether oxygens (including phenoxy) is 1. The Morgan fingerprint density at radius 1 is 1.69 bits per heavy atom. The fourth-order valence-corrected chi connectivity index (χ4v) is 1.54. The van der Waals surface area contributed by atoms with Crippen LogP contribution >= 0.6 is 15.9 Å². The van der Waals surface area contributed by atoms with Crippen molar-refractivity contribution >= 4 is 21.8 Å². The van der Waals surface area contributed by atoms with Gasteiger partial charge in [0.15, 0.2) is 0 Å². The lowest BCUT2D eigenvalue weighted by atomic mass is 10.3. The van der Waals surface area contributed by atoms with Crippen LogP contribution in [0.1, 0.15) is 19.8 Å². The van der Waals surface area contributed by atoms with Crippen molar-refractivity contribution in [3.05, 3.63) is 0 Å². The van der Waals surface area contributed by atoms with E-state index in [1.54, 1.807) is 7.11 Å². The summed E-state index contributed by atoms with van der Waals surface area (Å²) in [6.07, 6.45) is 2.30. The van der Waals surface area contributed by atoms with Crippen LogP contribution in [0, 0.1) is 0 Å². The summed E-state index contributed by atoms with van der Waals surface area (Å²) in [7, 11) is 1.66. The third-order valence-electron chi connectivity index (χ3n) is 2.15. The summed E-state index contributed by atoms with van der Waals surface area (Å²) in [6, 6.07) is 0.475. The molecule has 13 heavy (non-hydrogen) atoms. The van der Waals surface area contributed by atoms with Gasteiger partial charge in [0.25, 0.3) is 0 Å². The number of carbonyl (C=O) groups is 1. The van der Waals surface area contributed by atoms with Gasteiger partial charge < -0.3 is 9.64 Å². The molecule has 0 spiro atoms. The number of rotatable bonds is 5. The molecule has 0 radical (unpaired) electrons. The van der Waals surface area contributed by atoms with Gasteiger partial charge >= 0.3 is 0 Å². The second-order valence-corrected chi connectivity index (χ2v) is 4.75. The lowest BCUT2D eigenvalue weighted by molar-refractivity contribution is -0.131. The first kappa shape index (κ1) is 11.0. The number of hydrogen-bond donors (Lipinski definition) is 0. The first-order chi connectivity index (χ1) is 6.16. The lowest BCUT2D eigenvalue weighted by Crippen LogP contribution is -2.39. The van der Waals surface area contributed by atoms with Gasteiger partial charge in [-0.1, -0.05) is 15.9 Å². The highest BCUT2D eigenvalue weighted by atomic mass is 79.9. The van der Waals surface area contributed by atoms with E-state index in [2.05, 4.69) is 15.9 Å². The van der Waals surface area contributed by atoms with E-state index in [-0.39, 0.29) is 10.7 Å². The molecule has 3 nitrogen and oxygen atoms in total. The highest BCUT2D eigenvalue weighted by Gasteiger charge is 2.33. The standard InChI is InChI=1S/C9H16BrNO2/c1-7(10)9(12)11(5-6-13-2)8-3-4-8/h7-8H,3-6H2,1-2H3. The molecule has 0 aliphatic heterocycles. The van der Waals surface area contributed by atoms with Crippen molar-refractivity contribution in [2.24, 2.45) is 0 Å². The van der Waals surface area contributed by atoms with E-state index in [1.165, 1.54) is 0 Å². The van der Waals surface area contributed by atoms with Gasteiger partial charge in [-0.3, -0.25) is 4.79 Å². The maximum absolute atomic E-state index is 11.7. The third-order valence-corrected chi connectivity index (χ3v) is 2.54. The van der Waals surface area contributed by atoms with E-state index in [0.29, 0.717) is 12.6 Å². The molecule has 1 aliphatic carbocycles. The molecule has 1 rings (SSSR count). The average molecular weight is 250 g/mol. The molecule has 0 aromatic heterocycles. The van der Waals surface area contributed by atoms with Gasteiger partial charge in [0.05, 0.1) is 11.4 Å². The quantitative estimate of drug-likeness (QED) is 0.690. The normalized spacial score (nSPS) is 18.4. The van der Waals surface area contributed by atoms with Gasteiger partial charge in [0, 0.05) is 19.7 Å². The minimum Gasteiger partial charge on any atom is -0.383 e. The van der Waals surface area contributed by atoms with Crippen molar-refractivity contribution < 1.29 is 9.53 Å². The fraction of sp³-hybridized carbons (Fsp3) is 0.889. The highest BCUT2D eigenvalue weighted by Crippen LogP contribution is 2.27. The predicted molar refractivity (Wildman–Crippen MR) is 55.0 cm³/mol. The minimum atomic E-state index is -0.0787. The van der Waals surface area contributed by atoms with E-state index in [0.717, 1.165) is 19.4 Å². The van der Waals surface area contributed by atoms with E-state index < -0.39 is 0 Å². The summed E-state index contributed by atoms with van der Waals surface area (Å²) in [4.78, 5) is 13.5. The Labute approximate surface area is 87.6 Å². The zero-order valence-corrected chi connectivity index (χ0v) is 9.71. The van der Waals surface area contributed by atoms with Crippen LogP contribution < -0.4 is 0 Å². The first-order valence-corrected chi connectivity index (χ1v) is 5.52. The molecule has 76 valence electrons. The van der Waals surface area contributed by atoms with Crippen LogP contribution in [-0.4, -0.2) is 41.9 Å². The Kier molecular flexibility index (Phi) is 4.19. The molecule has 4 heteroatoms. The van der Waals surface area contributed by atoms with Crippen molar-refractivity contribution in [3.63, 3.8) is 0 Å². The molecule has 1 atom stereocenters. The molecule has 0 bridgehead atoms. The Bertz CT molecular complexity index is 180. The largest absolute Gasteiger partial charge is 0.383 e. The number of hydrogen-bond acceptors (Lipinski definition) is 2. The van der Waals surface area contributed by atoms with Crippen molar-refractivity contribution in [1.82, 2.24) is 4.90 Å². The molecule has 0 aromatic carbocycles. The van der Waals surface area contributed by atoms with Crippen LogP contribution in [-0.2, 0) is 9.53 Å². The number of alkyl halides is 1. The van der Waals surface area contributed by atoms with Crippen LogP contribution in [0.25, 0.3) is 0 Å². The number of halogens is 1. The molecule has 1 amide bonds. The smallest absolute Gasteiger partial charge is 0.236 e. The topological polar surface area (TPSA) is 29.5 Å². The molecule has 1 saturated carbocycles. The number of nitrogens with zero attached hydrogens (tertiary/aromatic N) is 1. The van der Waals surface area contributed by atoms with Gasteiger partial charge in [0.2, 0.25) is 5.91 Å². The Hall–Kier alpha value is -0.0900. The zero-order valence-electron chi connectivity index (χ0n) is 8.12. The van der Waals surface area contributed by atoms with Crippen molar-refractivity contribution in [3.8, 4) is 0 Å². The van der Waals surface area contributed by atoms with E-state index >= 15 is 0 Å². The van der Waals surface area contributed by atoms with Crippen molar-refractivity contribution in [2.45, 2.75) is 30.6 Å². The zero-order chi connectivity index (χ0) is 9.84. The highest BCUT2D eigenvalue weighted by molar-refractivity contribution is 9.10. The van der Waals surface area contributed by atoms with E-state index in [4.69, 9.17) is 4.74 Å². The molecular formula is C9H16BrNO2. The molecule has 0 saturated heterocycles. The van der Waals surface area contributed by atoms with Crippen LogP contribution in [0.4, 0.5) is 0 Å². The number of carbonyl (C=O) groups excluding carboxylic acids is 1. The molecule has 0 N–H and O–H groups in total. The summed E-state index contributed by atoms with van der Waals surface area (Å²) in [5.74, 6) is 0.180. The van der Waals surface area contributed by atoms with Crippen LogP contribution in [0.5, 0.6) is 0 Å². The van der Waals surface area contributed by atoms with E-state index in [9.17, 15) is 4.79 Å². The van der Waals surface area contributed by atoms with Crippen molar-refractivity contribution in [1.29, 1.82) is 0 Å². The summed E-state index contributed by atoms with van der Waals surface area (Å²) in [6.45, 7) is 3.21. The second kappa shape index (κ2) is 4.96. The van der Waals surface area contributed by atoms with Gasteiger partial charge in [-0.2, -0.15) is 0 Å². The average Bonchev–Trinajstić information content (AvgIpc) is 2.88. The van der Waals surface area contributed by atoms with E-state index in [1.807, 2.05) is 11.8 Å². The third kappa shape index (κ3) is 3.27. The second-order valence-electron chi connectivity index (χ2n) is 3.37. The summed E-state index contributed by atoms with van der Waals surface area (Å²) >= 11 is 3.30. The molecule has 1 fully saturated rings. The maximum Gasteiger partial charge on any atom is 0.236 e. The Morgan fingerprint density at radius 2 is 2.31 bits per heavy atom. The fourth-order valence-electron chi connectivity index (χ4n) is 1.28. The van der Waals surface area contributed by atoms with Crippen LogP contribution in [0.2, 0.25) is 0 Å². The van der Waals surface area contributed by atoms with Crippen molar-refractivity contribution in [2.75, 3.05) is 20.3 Å². The van der Waals surface area contributed by atoms with Crippen LogP contribution in [0.3, 0.4) is 0 Å². The summed E-state index contributed by atoms with van der Waals surface area (Å²) < 4.78 is 4.97. The minimum absolute atomic E-state index is 0.0787. The van der Waals surface area contributed by atoms with Gasteiger partial charge in [-0.05, 0) is 19.8 Å². The van der Waals surface area contributed by atoms with Crippen LogP contribution in [0.15, 0.2) is 0 Å². The van der Waals surface area contributed by atoms with Gasteiger partial charge in [-0.15, -0.1) is 0 Å². The van der Waals surface area contributed by atoms with Gasteiger partial charge in [0.1, 0.15) is 0 Å².